The van der Waals surface area contributed by atoms with E-state index >= 15 is 0 Å². The highest BCUT2D eigenvalue weighted by molar-refractivity contribution is 5.65. The minimum atomic E-state index is -2.97. The third kappa shape index (κ3) is 2.06. The van der Waals surface area contributed by atoms with Gasteiger partial charge in [0.2, 0.25) is 0 Å². The second kappa shape index (κ2) is 3.45. The number of nitrogens with zero attached hydrogens (tertiary/aromatic N) is 1. The molecule has 6 heteroatoms. The van der Waals surface area contributed by atoms with Crippen molar-refractivity contribution >= 4 is 6.09 Å². The molecule has 0 radical (unpaired) electrons. The monoisotopic (exact) mass is 194 g/mol. The van der Waals surface area contributed by atoms with E-state index in [-0.39, 0.29) is 13.0 Å². The number of piperidine rings is 1. The van der Waals surface area contributed by atoms with E-state index < -0.39 is 24.6 Å². The van der Waals surface area contributed by atoms with Gasteiger partial charge in [0.1, 0.15) is 0 Å². The lowest BCUT2D eigenvalue weighted by Crippen LogP contribution is -2.57. The van der Waals surface area contributed by atoms with Crippen LogP contribution in [0.15, 0.2) is 0 Å². The number of hydrogen-bond donors (Lipinski definition) is 2. The van der Waals surface area contributed by atoms with Gasteiger partial charge in [-0.2, -0.15) is 0 Å². The Balaban J connectivity index is 2.64. The van der Waals surface area contributed by atoms with Crippen molar-refractivity contribution in [3.05, 3.63) is 0 Å². The Morgan fingerprint density at radius 3 is 2.69 bits per heavy atom. The number of amides is 1. The van der Waals surface area contributed by atoms with Crippen molar-refractivity contribution in [2.75, 3.05) is 20.1 Å². The van der Waals surface area contributed by atoms with Crippen LogP contribution in [0, 0.1) is 0 Å². The maximum absolute atomic E-state index is 13.1. The molecule has 1 heterocycles. The zero-order chi connectivity index (χ0) is 10.1. The summed E-state index contributed by atoms with van der Waals surface area (Å²) in [6.07, 6.45) is -1.13. The summed E-state index contributed by atoms with van der Waals surface area (Å²) in [5, 5.41) is 11.0. The van der Waals surface area contributed by atoms with Crippen molar-refractivity contribution in [2.24, 2.45) is 0 Å². The first-order valence-electron chi connectivity index (χ1n) is 4.00. The highest BCUT2D eigenvalue weighted by Crippen LogP contribution is 2.26. The summed E-state index contributed by atoms with van der Waals surface area (Å²) in [5.41, 5.74) is 0. The first-order valence-corrected chi connectivity index (χ1v) is 4.00. The van der Waals surface area contributed by atoms with Crippen molar-refractivity contribution < 1.29 is 18.7 Å². The van der Waals surface area contributed by atoms with Gasteiger partial charge in [-0.05, 0) is 13.5 Å². The number of hydrogen-bond acceptors (Lipinski definition) is 2. The molecule has 1 aliphatic heterocycles. The molecule has 1 unspecified atom stereocenters. The number of nitrogens with one attached hydrogen (secondary N) is 1. The number of rotatable bonds is 1. The van der Waals surface area contributed by atoms with E-state index in [0.29, 0.717) is 0 Å². The number of halogens is 2. The third-order valence-corrected chi connectivity index (χ3v) is 2.22. The minimum Gasteiger partial charge on any atom is -0.465 e. The molecule has 4 nitrogen and oxygen atoms in total. The average molecular weight is 194 g/mol. The average Bonchev–Trinajstić information content (AvgIpc) is 2.02. The molecule has 1 saturated heterocycles. The van der Waals surface area contributed by atoms with E-state index in [1.807, 2.05) is 0 Å². The van der Waals surface area contributed by atoms with Crippen LogP contribution in [0.1, 0.15) is 6.42 Å². The van der Waals surface area contributed by atoms with E-state index in [1.54, 1.807) is 0 Å². The molecule has 1 aliphatic rings. The van der Waals surface area contributed by atoms with Gasteiger partial charge < -0.3 is 15.3 Å². The maximum Gasteiger partial charge on any atom is 0.407 e. The first kappa shape index (κ1) is 10.2. The molecule has 0 aliphatic carbocycles. The molecule has 76 valence electrons. The highest BCUT2D eigenvalue weighted by Gasteiger charge is 2.45. The zero-order valence-electron chi connectivity index (χ0n) is 7.26. The number of alkyl halides is 2. The first-order chi connectivity index (χ1) is 5.97. The molecule has 0 aromatic carbocycles. The third-order valence-electron chi connectivity index (χ3n) is 2.22. The van der Waals surface area contributed by atoms with E-state index in [1.165, 1.54) is 7.05 Å². The Kier molecular flexibility index (Phi) is 2.70. The molecular formula is C7H12F2N2O2. The highest BCUT2D eigenvalue weighted by atomic mass is 19.3. The fourth-order valence-electron chi connectivity index (χ4n) is 1.46. The molecular weight excluding hydrogens is 182 g/mol. The maximum atomic E-state index is 13.1. The zero-order valence-corrected chi connectivity index (χ0v) is 7.26. The Morgan fingerprint density at radius 2 is 2.31 bits per heavy atom. The Bertz CT molecular complexity index is 211. The van der Waals surface area contributed by atoms with Crippen molar-refractivity contribution in [1.29, 1.82) is 0 Å². The lowest BCUT2D eigenvalue weighted by Gasteiger charge is -2.36. The van der Waals surface area contributed by atoms with Crippen LogP contribution < -0.4 is 5.32 Å². The van der Waals surface area contributed by atoms with Crippen LogP contribution in [0.4, 0.5) is 13.6 Å². The smallest absolute Gasteiger partial charge is 0.407 e. The van der Waals surface area contributed by atoms with Crippen LogP contribution >= 0.6 is 0 Å². The molecule has 0 saturated carbocycles. The van der Waals surface area contributed by atoms with Crippen LogP contribution in [0.25, 0.3) is 0 Å². The number of carbonyl (C=O) groups is 1. The van der Waals surface area contributed by atoms with Crippen LogP contribution in [-0.4, -0.2) is 48.2 Å². The summed E-state index contributed by atoms with van der Waals surface area (Å²) < 4.78 is 26.2. The molecule has 1 rings (SSSR count). The topological polar surface area (TPSA) is 52.6 Å². The van der Waals surface area contributed by atoms with Gasteiger partial charge in [0.15, 0.2) is 0 Å². The van der Waals surface area contributed by atoms with Crippen LogP contribution in [0.2, 0.25) is 0 Å². The molecule has 2 N–H and O–H groups in total. The van der Waals surface area contributed by atoms with Gasteiger partial charge in [0, 0.05) is 6.54 Å². The fraction of sp³-hybridized carbons (Fsp3) is 0.857. The molecule has 0 aromatic heterocycles. The summed E-state index contributed by atoms with van der Waals surface area (Å²) in [6, 6.07) is -0.914. The lowest BCUT2D eigenvalue weighted by atomic mass is 10.0. The van der Waals surface area contributed by atoms with Gasteiger partial charge in [-0.1, -0.05) is 0 Å². The number of likely N-dealkylation sites (tertiary alicyclic amines) is 1. The standard InChI is InChI=1S/C7H12F2N2O2/c1-10-5-2-3-11(6(12)13)4-7(5,8)9/h5,10H,2-4H2,1H3,(H,12,13). The van der Waals surface area contributed by atoms with Crippen molar-refractivity contribution in [3.63, 3.8) is 0 Å². The summed E-state index contributed by atoms with van der Waals surface area (Å²) in [5.74, 6) is -2.97. The SMILES string of the molecule is CNC1CCN(C(=O)O)CC1(F)F. The molecule has 1 atom stereocenters. The van der Waals surface area contributed by atoms with Gasteiger partial charge in [-0.15, -0.1) is 0 Å². The fourth-order valence-corrected chi connectivity index (χ4v) is 1.46. The predicted molar refractivity (Wildman–Crippen MR) is 42.0 cm³/mol. The summed E-state index contributed by atoms with van der Waals surface area (Å²) in [6.45, 7) is -0.551. The largest absolute Gasteiger partial charge is 0.465 e. The van der Waals surface area contributed by atoms with E-state index in [4.69, 9.17) is 5.11 Å². The van der Waals surface area contributed by atoms with Gasteiger partial charge in [0.25, 0.3) is 5.92 Å². The molecule has 1 fully saturated rings. The molecule has 0 bridgehead atoms. The van der Waals surface area contributed by atoms with Crippen molar-refractivity contribution in [3.8, 4) is 0 Å². The summed E-state index contributed by atoms with van der Waals surface area (Å²) in [4.78, 5) is 11.2. The molecule has 1 amide bonds. The molecule has 0 spiro atoms. The minimum absolute atomic E-state index is 0.149. The van der Waals surface area contributed by atoms with E-state index in [9.17, 15) is 13.6 Å². The lowest BCUT2D eigenvalue weighted by molar-refractivity contribution is -0.0816. The Labute approximate surface area is 74.5 Å². The van der Waals surface area contributed by atoms with Gasteiger partial charge in [-0.3, -0.25) is 0 Å². The number of carboxylic acid groups (broad SMARTS) is 1. The van der Waals surface area contributed by atoms with Gasteiger partial charge >= 0.3 is 6.09 Å². The molecule has 13 heavy (non-hydrogen) atoms. The van der Waals surface area contributed by atoms with Gasteiger partial charge in [0.05, 0.1) is 12.6 Å². The van der Waals surface area contributed by atoms with Gasteiger partial charge in [-0.25, -0.2) is 13.6 Å². The van der Waals surface area contributed by atoms with E-state index in [0.717, 1.165) is 4.90 Å². The second-order valence-electron chi connectivity index (χ2n) is 3.10. The van der Waals surface area contributed by atoms with Crippen LogP contribution in [0.5, 0.6) is 0 Å². The Hall–Kier alpha value is -0.910. The summed E-state index contributed by atoms with van der Waals surface area (Å²) >= 11 is 0. The Morgan fingerprint density at radius 1 is 1.69 bits per heavy atom. The van der Waals surface area contributed by atoms with E-state index in [2.05, 4.69) is 5.32 Å². The predicted octanol–water partition coefficient (Wildman–Crippen LogP) is 0.593. The summed E-state index contributed by atoms with van der Waals surface area (Å²) in [7, 11) is 1.45. The molecule has 0 aromatic rings. The van der Waals surface area contributed by atoms with Crippen LogP contribution in [-0.2, 0) is 0 Å². The second-order valence-corrected chi connectivity index (χ2v) is 3.10. The van der Waals surface area contributed by atoms with Crippen LogP contribution in [0.3, 0.4) is 0 Å². The quantitative estimate of drug-likeness (QED) is 0.642. The van der Waals surface area contributed by atoms with Crippen molar-refractivity contribution in [2.45, 2.75) is 18.4 Å². The normalized spacial score (nSPS) is 27.3. The van der Waals surface area contributed by atoms with Crippen molar-refractivity contribution in [1.82, 2.24) is 10.2 Å².